The topological polar surface area (TPSA) is 72.0 Å². The van der Waals surface area contributed by atoms with Gasteiger partial charge in [-0.25, -0.2) is 0 Å². The fourth-order valence-electron chi connectivity index (χ4n) is 1.92. The highest BCUT2D eigenvalue weighted by atomic mass is 19.4. The Morgan fingerprint density at radius 1 is 1.15 bits per heavy atom. The average Bonchev–Trinajstić information content (AvgIpc) is 3.21. The van der Waals surface area contributed by atoms with E-state index in [9.17, 15) is 13.2 Å². The molecule has 0 bridgehead atoms. The van der Waals surface area contributed by atoms with E-state index in [0.29, 0.717) is 5.69 Å². The highest BCUT2D eigenvalue weighted by molar-refractivity contribution is 6.10. The lowest BCUT2D eigenvalue weighted by atomic mass is 9.95. The first kappa shape index (κ1) is 13.9. The number of hydrogen-bond acceptors (Lipinski definition) is 4. The minimum atomic E-state index is -4.24. The Morgan fingerprint density at radius 2 is 1.70 bits per heavy atom. The van der Waals surface area contributed by atoms with Gasteiger partial charge in [-0.15, -0.1) is 0 Å². The van der Waals surface area contributed by atoms with Crippen LogP contribution >= 0.6 is 0 Å². The van der Waals surface area contributed by atoms with Crippen molar-refractivity contribution >= 4 is 11.4 Å². The first-order chi connectivity index (χ1) is 9.43. The largest absolute Gasteiger partial charge is 0.398 e. The number of benzene rings is 1. The SMILES string of the molecule is N#CC(C#N)=NNc1ccc(C2(C(F)(F)F)CC2)cc1. The van der Waals surface area contributed by atoms with Crippen molar-refractivity contribution < 1.29 is 13.2 Å². The Morgan fingerprint density at radius 3 is 2.10 bits per heavy atom. The van der Waals surface area contributed by atoms with E-state index in [-0.39, 0.29) is 24.1 Å². The van der Waals surface area contributed by atoms with Gasteiger partial charge in [0.1, 0.15) is 12.1 Å². The Balaban J connectivity index is 2.15. The normalized spacial score (nSPS) is 15.7. The van der Waals surface area contributed by atoms with E-state index in [4.69, 9.17) is 10.5 Å². The van der Waals surface area contributed by atoms with Crippen LogP contribution in [0.2, 0.25) is 0 Å². The second-order valence-electron chi connectivity index (χ2n) is 4.45. The number of hydrazone groups is 1. The van der Waals surface area contributed by atoms with Crippen LogP contribution in [0.1, 0.15) is 18.4 Å². The smallest absolute Gasteiger partial charge is 0.277 e. The second kappa shape index (κ2) is 4.86. The lowest BCUT2D eigenvalue weighted by Crippen LogP contribution is -2.28. The van der Waals surface area contributed by atoms with Crippen molar-refractivity contribution in [1.82, 2.24) is 0 Å². The molecule has 4 nitrogen and oxygen atoms in total. The van der Waals surface area contributed by atoms with Gasteiger partial charge in [-0.1, -0.05) is 12.1 Å². The quantitative estimate of drug-likeness (QED) is 0.682. The zero-order valence-corrected chi connectivity index (χ0v) is 10.2. The number of alkyl halides is 3. The predicted molar refractivity (Wildman–Crippen MR) is 65.7 cm³/mol. The van der Waals surface area contributed by atoms with Crippen LogP contribution in [0.3, 0.4) is 0 Å². The van der Waals surface area contributed by atoms with Gasteiger partial charge in [-0.3, -0.25) is 5.43 Å². The summed E-state index contributed by atoms with van der Waals surface area (Å²) in [6, 6.07) is 8.78. The van der Waals surface area contributed by atoms with E-state index >= 15 is 0 Å². The molecule has 0 amide bonds. The molecule has 0 saturated heterocycles. The van der Waals surface area contributed by atoms with E-state index in [0.717, 1.165) is 0 Å². The number of hydrogen-bond donors (Lipinski definition) is 1. The van der Waals surface area contributed by atoms with Gasteiger partial charge in [-0.2, -0.15) is 28.8 Å². The molecule has 0 atom stereocenters. The zero-order chi connectivity index (χ0) is 14.8. The zero-order valence-electron chi connectivity index (χ0n) is 10.2. The van der Waals surface area contributed by atoms with Crippen molar-refractivity contribution in [3.63, 3.8) is 0 Å². The fourth-order valence-corrected chi connectivity index (χ4v) is 1.92. The van der Waals surface area contributed by atoms with Crippen LogP contribution in [0.5, 0.6) is 0 Å². The van der Waals surface area contributed by atoms with Crippen LogP contribution in [-0.2, 0) is 5.41 Å². The third-order valence-corrected chi connectivity index (χ3v) is 3.24. The van der Waals surface area contributed by atoms with Crippen LogP contribution in [-0.4, -0.2) is 11.9 Å². The lowest BCUT2D eigenvalue weighted by molar-refractivity contribution is -0.160. The highest BCUT2D eigenvalue weighted by Gasteiger charge is 2.64. The summed E-state index contributed by atoms with van der Waals surface area (Å²) in [4.78, 5) is 0. The average molecular weight is 278 g/mol. The van der Waals surface area contributed by atoms with E-state index < -0.39 is 11.6 Å². The van der Waals surface area contributed by atoms with Crippen molar-refractivity contribution in [2.45, 2.75) is 24.4 Å². The Labute approximate surface area is 113 Å². The summed E-state index contributed by atoms with van der Waals surface area (Å²) in [6.07, 6.45) is -4.03. The molecule has 0 aliphatic heterocycles. The summed E-state index contributed by atoms with van der Waals surface area (Å²) in [5, 5.41) is 20.5. The van der Waals surface area contributed by atoms with Gasteiger partial charge in [0.2, 0.25) is 5.71 Å². The number of nitrogens with zero attached hydrogens (tertiary/aromatic N) is 3. The third kappa shape index (κ3) is 2.43. The number of nitrogens with one attached hydrogen (secondary N) is 1. The number of anilines is 1. The molecule has 7 heteroatoms. The van der Waals surface area contributed by atoms with Gasteiger partial charge in [0.15, 0.2) is 0 Å². The molecule has 0 radical (unpaired) electrons. The molecule has 0 spiro atoms. The van der Waals surface area contributed by atoms with E-state index in [1.54, 1.807) is 12.1 Å². The first-order valence-corrected chi connectivity index (χ1v) is 5.74. The summed E-state index contributed by atoms with van der Waals surface area (Å²) < 4.78 is 38.8. The molecule has 1 N–H and O–H groups in total. The molecule has 0 heterocycles. The summed E-state index contributed by atoms with van der Waals surface area (Å²) in [5.74, 6) is 0. The van der Waals surface area contributed by atoms with E-state index in [1.807, 2.05) is 0 Å². The second-order valence-corrected chi connectivity index (χ2v) is 4.45. The molecule has 1 saturated carbocycles. The molecule has 20 heavy (non-hydrogen) atoms. The van der Waals surface area contributed by atoms with Crippen molar-refractivity contribution in [2.24, 2.45) is 5.10 Å². The Hall–Kier alpha value is -2.54. The van der Waals surface area contributed by atoms with Gasteiger partial charge in [-0.05, 0) is 30.5 Å². The molecular weight excluding hydrogens is 269 g/mol. The predicted octanol–water partition coefficient (Wildman–Crippen LogP) is 3.10. The molecule has 1 aliphatic carbocycles. The summed E-state index contributed by atoms with van der Waals surface area (Å²) >= 11 is 0. The summed E-state index contributed by atoms with van der Waals surface area (Å²) in [6.45, 7) is 0. The van der Waals surface area contributed by atoms with Gasteiger partial charge in [0, 0.05) is 0 Å². The van der Waals surface area contributed by atoms with Crippen LogP contribution in [0.15, 0.2) is 29.4 Å². The van der Waals surface area contributed by atoms with Gasteiger partial charge in [0.25, 0.3) is 0 Å². The molecule has 0 aromatic heterocycles. The van der Waals surface area contributed by atoms with Crippen molar-refractivity contribution in [1.29, 1.82) is 10.5 Å². The third-order valence-electron chi connectivity index (χ3n) is 3.24. The monoisotopic (exact) mass is 278 g/mol. The summed E-state index contributed by atoms with van der Waals surface area (Å²) in [5.41, 5.74) is 1.01. The van der Waals surface area contributed by atoms with E-state index in [2.05, 4.69) is 10.5 Å². The lowest BCUT2D eigenvalue weighted by Gasteiger charge is -2.19. The van der Waals surface area contributed by atoms with Crippen LogP contribution in [0, 0.1) is 22.7 Å². The maximum atomic E-state index is 12.9. The standard InChI is InChI=1S/C13H9F3N4/c14-13(15,16)12(5-6-12)9-1-3-10(4-2-9)19-20-11(7-17)8-18/h1-4,19H,5-6H2. The van der Waals surface area contributed by atoms with Gasteiger partial charge < -0.3 is 0 Å². The Bertz CT molecular complexity index is 597. The number of nitriles is 2. The molecule has 2 rings (SSSR count). The van der Waals surface area contributed by atoms with Gasteiger partial charge in [0.05, 0.1) is 11.1 Å². The number of halogens is 3. The minimum absolute atomic E-state index is 0.106. The minimum Gasteiger partial charge on any atom is -0.277 e. The molecule has 1 aromatic rings. The van der Waals surface area contributed by atoms with Crippen LogP contribution in [0.25, 0.3) is 0 Å². The Kier molecular flexibility index (Phi) is 3.37. The van der Waals surface area contributed by atoms with Crippen molar-refractivity contribution in [3.8, 4) is 12.1 Å². The van der Waals surface area contributed by atoms with Crippen LogP contribution in [0.4, 0.5) is 18.9 Å². The first-order valence-electron chi connectivity index (χ1n) is 5.74. The molecule has 102 valence electrons. The number of rotatable bonds is 3. The molecular formula is C13H9F3N4. The fraction of sp³-hybridized carbons (Fsp3) is 0.308. The molecule has 1 aliphatic rings. The van der Waals surface area contributed by atoms with Crippen molar-refractivity contribution in [3.05, 3.63) is 29.8 Å². The molecule has 0 unspecified atom stereocenters. The van der Waals surface area contributed by atoms with Gasteiger partial charge >= 0.3 is 6.18 Å². The maximum Gasteiger partial charge on any atom is 0.398 e. The highest BCUT2D eigenvalue weighted by Crippen LogP contribution is 2.58. The maximum absolute atomic E-state index is 12.9. The summed E-state index contributed by atoms with van der Waals surface area (Å²) in [7, 11) is 0. The van der Waals surface area contributed by atoms with Crippen LogP contribution < -0.4 is 5.43 Å². The molecule has 1 fully saturated rings. The molecule has 1 aromatic carbocycles. The van der Waals surface area contributed by atoms with E-state index in [1.165, 1.54) is 24.3 Å². The van der Waals surface area contributed by atoms with Crippen molar-refractivity contribution in [2.75, 3.05) is 5.43 Å².